The third kappa shape index (κ3) is 3.79. The van der Waals surface area contributed by atoms with Crippen LogP contribution in [-0.2, 0) is 4.79 Å². The number of hydrogen-bond donors (Lipinski definition) is 1. The van der Waals surface area contributed by atoms with Gasteiger partial charge in [-0.3, -0.25) is 9.69 Å². The van der Waals surface area contributed by atoms with Crippen molar-refractivity contribution in [3.8, 4) is 11.8 Å². The number of Topliss-reactive ketones (excluding diaryl/α,β-unsaturated/α-hetero) is 1. The fourth-order valence-corrected chi connectivity index (χ4v) is 4.52. The topological polar surface area (TPSA) is 79.3 Å². The van der Waals surface area contributed by atoms with E-state index in [0.717, 1.165) is 28.9 Å². The zero-order chi connectivity index (χ0) is 22.8. The Morgan fingerprint density at radius 2 is 2.03 bits per heavy atom. The number of benzene rings is 2. The van der Waals surface area contributed by atoms with Crippen molar-refractivity contribution in [1.82, 2.24) is 0 Å². The molecule has 2 aliphatic rings. The van der Waals surface area contributed by atoms with Crippen molar-refractivity contribution in [3.63, 3.8) is 0 Å². The van der Waals surface area contributed by atoms with Crippen LogP contribution in [0, 0.1) is 18.3 Å². The van der Waals surface area contributed by atoms with E-state index >= 15 is 0 Å². The predicted octanol–water partition coefficient (Wildman–Crippen LogP) is 5.52. The maximum Gasteiger partial charge on any atom is 0.161 e. The zero-order valence-electron chi connectivity index (χ0n) is 17.9. The van der Waals surface area contributed by atoms with Crippen molar-refractivity contribution in [3.05, 3.63) is 93.9 Å². The number of carbonyl (C=O) groups is 1. The minimum absolute atomic E-state index is 0.0479. The molecule has 0 radical (unpaired) electrons. The van der Waals surface area contributed by atoms with Crippen LogP contribution in [0.2, 0.25) is 5.02 Å². The number of nitrogens with two attached hydrogens (primary N) is 1. The Balaban J connectivity index is 1.86. The van der Waals surface area contributed by atoms with E-state index in [2.05, 4.69) is 12.6 Å². The van der Waals surface area contributed by atoms with Crippen molar-refractivity contribution >= 4 is 23.1 Å². The highest BCUT2D eigenvalue weighted by Crippen LogP contribution is 2.46. The van der Waals surface area contributed by atoms with Gasteiger partial charge in [0.2, 0.25) is 0 Å². The molecule has 0 aromatic heterocycles. The van der Waals surface area contributed by atoms with E-state index in [-0.39, 0.29) is 5.78 Å². The van der Waals surface area contributed by atoms with E-state index < -0.39 is 5.92 Å². The summed E-state index contributed by atoms with van der Waals surface area (Å²) in [6, 6.07) is 15.4. The molecule has 0 saturated carbocycles. The number of hydrogen-bond acceptors (Lipinski definition) is 5. The number of aryl methyl sites for hydroxylation is 1. The summed E-state index contributed by atoms with van der Waals surface area (Å²) in [6.45, 7) is 5.98. The van der Waals surface area contributed by atoms with Gasteiger partial charge in [0.25, 0.3) is 0 Å². The monoisotopic (exact) mass is 445 g/mol. The molecule has 32 heavy (non-hydrogen) atoms. The molecule has 1 aliphatic carbocycles. The van der Waals surface area contributed by atoms with Crippen LogP contribution in [0.5, 0.6) is 5.75 Å². The molecular weight excluding hydrogens is 422 g/mol. The average molecular weight is 446 g/mol. The third-order valence-electron chi connectivity index (χ3n) is 5.91. The van der Waals surface area contributed by atoms with Crippen LogP contribution < -0.4 is 15.4 Å². The summed E-state index contributed by atoms with van der Waals surface area (Å²) in [4.78, 5) is 15.0. The van der Waals surface area contributed by atoms with Gasteiger partial charge in [0.05, 0.1) is 17.6 Å². The first-order valence-electron chi connectivity index (χ1n) is 10.5. The molecule has 1 heterocycles. The number of carbonyl (C=O) groups excluding carboxylic acids is 1. The van der Waals surface area contributed by atoms with Gasteiger partial charge in [-0.2, -0.15) is 5.26 Å². The second kappa shape index (κ2) is 8.94. The quantitative estimate of drug-likeness (QED) is 0.613. The Labute approximate surface area is 193 Å². The lowest BCUT2D eigenvalue weighted by Crippen LogP contribution is -2.38. The van der Waals surface area contributed by atoms with Crippen LogP contribution in [0.15, 0.2) is 77.8 Å². The standard InChI is InChI=1S/C26H24ClN3O2/c1-3-13-32-19-11-8-17(9-12-19)24-20(15-28)26(29)30(18-10-7-16(2)21(27)14-18)22-5-4-6-23(31)25(22)24/h3,7-12,14,24H,1,4-6,13,29H2,2H3. The smallest absolute Gasteiger partial charge is 0.161 e. The number of anilines is 1. The molecule has 6 heteroatoms. The van der Waals surface area contributed by atoms with E-state index in [9.17, 15) is 10.1 Å². The lowest BCUT2D eigenvalue weighted by Gasteiger charge is -2.39. The van der Waals surface area contributed by atoms with Crippen molar-refractivity contribution in [1.29, 1.82) is 5.26 Å². The summed E-state index contributed by atoms with van der Waals surface area (Å²) >= 11 is 6.38. The number of ketones is 1. The summed E-state index contributed by atoms with van der Waals surface area (Å²) in [6.07, 6.45) is 3.57. The van der Waals surface area contributed by atoms with Crippen molar-refractivity contribution in [2.24, 2.45) is 5.73 Å². The van der Waals surface area contributed by atoms with Gasteiger partial charge in [0, 0.05) is 28.4 Å². The first kappa shape index (κ1) is 21.7. The molecule has 0 saturated heterocycles. The summed E-state index contributed by atoms with van der Waals surface area (Å²) in [5.41, 5.74) is 11.0. The number of ether oxygens (including phenoxy) is 1. The van der Waals surface area contributed by atoms with Gasteiger partial charge in [0.1, 0.15) is 18.2 Å². The first-order chi connectivity index (χ1) is 15.5. The molecule has 5 nitrogen and oxygen atoms in total. The van der Waals surface area contributed by atoms with Gasteiger partial charge in [-0.15, -0.1) is 0 Å². The van der Waals surface area contributed by atoms with E-state index in [1.807, 2.05) is 54.3 Å². The number of nitrogens with zero attached hydrogens (tertiary/aromatic N) is 2. The van der Waals surface area contributed by atoms with E-state index in [1.165, 1.54) is 0 Å². The van der Waals surface area contributed by atoms with Crippen molar-refractivity contribution in [2.75, 3.05) is 11.5 Å². The average Bonchev–Trinajstić information content (AvgIpc) is 2.79. The number of rotatable bonds is 5. The SMILES string of the molecule is C=CCOc1ccc(C2C(C#N)=C(N)N(c3ccc(C)c(Cl)c3)C3=C2C(=O)CCC3)cc1. The molecule has 1 aliphatic heterocycles. The summed E-state index contributed by atoms with van der Waals surface area (Å²) < 4.78 is 5.58. The van der Waals surface area contributed by atoms with Crippen molar-refractivity contribution in [2.45, 2.75) is 32.1 Å². The molecule has 1 atom stereocenters. The van der Waals surface area contributed by atoms with Gasteiger partial charge < -0.3 is 10.5 Å². The Morgan fingerprint density at radius 1 is 1.28 bits per heavy atom. The summed E-state index contributed by atoms with van der Waals surface area (Å²) in [7, 11) is 0. The van der Waals surface area contributed by atoms with E-state index in [1.54, 1.807) is 6.08 Å². The Kier molecular flexibility index (Phi) is 6.07. The van der Waals surface area contributed by atoms with Crippen LogP contribution >= 0.6 is 11.6 Å². The first-order valence-corrected chi connectivity index (χ1v) is 10.9. The molecule has 2 N–H and O–H groups in total. The molecular formula is C26H24ClN3O2. The molecule has 0 fully saturated rings. The number of halogens is 1. The summed E-state index contributed by atoms with van der Waals surface area (Å²) in [5, 5.41) is 10.7. The Hall–Kier alpha value is -3.49. The van der Waals surface area contributed by atoms with Gasteiger partial charge >= 0.3 is 0 Å². The lowest BCUT2D eigenvalue weighted by molar-refractivity contribution is -0.116. The molecule has 1 unspecified atom stereocenters. The summed E-state index contributed by atoms with van der Waals surface area (Å²) in [5.74, 6) is 0.568. The van der Waals surface area contributed by atoms with E-state index in [4.69, 9.17) is 22.1 Å². The van der Waals surface area contributed by atoms with Gasteiger partial charge in [-0.05, 0) is 55.2 Å². The normalized spacial score (nSPS) is 18.3. The second-order valence-electron chi connectivity index (χ2n) is 7.92. The molecule has 4 rings (SSSR count). The van der Waals surface area contributed by atoms with Crippen LogP contribution in [0.25, 0.3) is 0 Å². The fraction of sp³-hybridized carbons (Fsp3) is 0.231. The highest BCUT2D eigenvalue weighted by atomic mass is 35.5. The molecule has 0 bridgehead atoms. The minimum atomic E-state index is -0.506. The van der Waals surface area contributed by atoms with Crippen LogP contribution in [-0.4, -0.2) is 12.4 Å². The van der Waals surface area contributed by atoms with Crippen LogP contribution in [0.3, 0.4) is 0 Å². The highest BCUT2D eigenvalue weighted by Gasteiger charge is 2.40. The molecule has 162 valence electrons. The zero-order valence-corrected chi connectivity index (χ0v) is 18.7. The van der Waals surface area contributed by atoms with Crippen LogP contribution in [0.1, 0.15) is 36.3 Å². The predicted molar refractivity (Wildman–Crippen MR) is 126 cm³/mol. The largest absolute Gasteiger partial charge is 0.490 e. The molecule has 0 spiro atoms. The molecule has 0 amide bonds. The van der Waals surface area contributed by atoms with E-state index in [0.29, 0.717) is 47.2 Å². The molecule has 2 aromatic rings. The Morgan fingerprint density at radius 3 is 2.69 bits per heavy atom. The Bertz CT molecular complexity index is 1190. The minimum Gasteiger partial charge on any atom is -0.490 e. The van der Waals surface area contributed by atoms with Crippen molar-refractivity contribution < 1.29 is 9.53 Å². The van der Waals surface area contributed by atoms with Gasteiger partial charge in [-0.1, -0.05) is 42.5 Å². The molecule has 2 aromatic carbocycles. The third-order valence-corrected chi connectivity index (χ3v) is 6.32. The maximum atomic E-state index is 13.2. The maximum absolute atomic E-state index is 13.2. The second-order valence-corrected chi connectivity index (χ2v) is 8.33. The lowest BCUT2D eigenvalue weighted by atomic mass is 9.75. The van der Waals surface area contributed by atoms with Gasteiger partial charge in [-0.25, -0.2) is 0 Å². The number of allylic oxidation sites excluding steroid dienone is 3. The van der Waals surface area contributed by atoms with Crippen LogP contribution in [0.4, 0.5) is 5.69 Å². The number of nitriles is 1. The van der Waals surface area contributed by atoms with Gasteiger partial charge in [0.15, 0.2) is 5.78 Å². The highest BCUT2D eigenvalue weighted by molar-refractivity contribution is 6.31. The fourth-order valence-electron chi connectivity index (χ4n) is 4.35.